The van der Waals surface area contributed by atoms with Gasteiger partial charge in [-0.3, -0.25) is 24.3 Å². The van der Waals surface area contributed by atoms with Gasteiger partial charge in [-0.2, -0.15) is 5.11 Å². The van der Waals surface area contributed by atoms with Crippen LogP contribution in [0.2, 0.25) is 5.02 Å². The molecule has 0 bridgehead atoms. The van der Waals surface area contributed by atoms with Gasteiger partial charge in [-0.05, 0) is 48.5 Å². The minimum absolute atomic E-state index is 0.220. The summed E-state index contributed by atoms with van der Waals surface area (Å²) in [5.41, 5.74) is 1.76. The lowest BCUT2D eigenvalue weighted by Crippen LogP contribution is -2.44. The molecule has 3 amide bonds. The van der Waals surface area contributed by atoms with E-state index in [-0.39, 0.29) is 12.5 Å². The molecule has 2 heterocycles. The number of halogens is 1. The standard InChI is InChI=1S/C24H18ClN5O3/c25-16-11-13-19(14-12-16)30-23(32)21-22(24(30)33)28(27-26-21)15-20(31)29(17-7-3-1-4-8-17)18-9-5-2-6-10-18/h1-14,21-22H,15H2. The normalized spacial score (nSPS) is 19.2. The van der Waals surface area contributed by atoms with E-state index in [1.807, 2.05) is 60.7 Å². The van der Waals surface area contributed by atoms with Crippen LogP contribution < -0.4 is 9.80 Å². The molecular weight excluding hydrogens is 442 g/mol. The lowest BCUT2D eigenvalue weighted by molar-refractivity contribution is -0.124. The van der Waals surface area contributed by atoms with E-state index < -0.39 is 23.9 Å². The Balaban J connectivity index is 1.41. The predicted octanol–water partition coefficient (Wildman–Crippen LogP) is 4.00. The number of amides is 3. The summed E-state index contributed by atoms with van der Waals surface area (Å²) < 4.78 is 0. The maximum absolute atomic E-state index is 13.4. The Morgan fingerprint density at radius 3 is 2.00 bits per heavy atom. The fourth-order valence-electron chi connectivity index (χ4n) is 4.00. The third-order valence-corrected chi connectivity index (χ3v) is 5.77. The maximum Gasteiger partial charge on any atom is 0.263 e. The summed E-state index contributed by atoms with van der Waals surface area (Å²) in [5.74, 6) is -1.26. The average molecular weight is 460 g/mol. The molecule has 2 unspecified atom stereocenters. The van der Waals surface area contributed by atoms with E-state index in [0.29, 0.717) is 22.1 Å². The van der Waals surface area contributed by atoms with Gasteiger partial charge in [0.2, 0.25) is 0 Å². The van der Waals surface area contributed by atoms with E-state index in [1.54, 1.807) is 29.2 Å². The molecule has 2 atom stereocenters. The molecule has 0 N–H and O–H groups in total. The van der Waals surface area contributed by atoms with E-state index in [0.717, 1.165) is 4.90 Å². The van der Waals surface area contributed by atoms with Crippen molar-refractivity contribution in [3.05, 3.63) is 90.0 Å². The molecular formula is C24H18ClN5O3. The number of benzene rings is 3. The highest BCUT2D eigenvalue weighted by Gasteiger charge is 2.55. The third kappa shape index (κ3) is 3.74. The minimum atomic E-state index is -0.983. The van der Waals surface area contributed by atoms with Crippen molar-refractivity contribution in [2.24, 2.45) is 10.3 Å². The number of hydrogen-bond donors (Lipinski definition) is 0. The third-order valence-electron chi connectivity index (χ3n) is 5.52. The highest BCUT2D eigenvalue weighted by atomic mass is 35.5. The molecule has 164 valence electrons. The topological polar surface area (TPSA) is 85.6 Å². The molecule has 3 aromatic carbocycles. The van der Waals surface area contributed by atoms with Crippen molar-refractivity contribution in [2.45, 2.75) is 12.1 Å². The Morgan fingerprint density at radius 2 is 1.42 bits per heavy atom. The second kappa shape index (κ2) is 8.48. The minimum Gasteiger partial charge on any atom is -0.279 e. The van der Waals surface area contributed by atoms with Gasteiger partial charge in [0, 0.05) is 16.4 Å². The van der Waals surface area contributed by atoms with E-state index >= 15 is 0 Å². The molecule has 1 fully saturated rings. The van der Waals surface area contributed by atoms with Crippen LogP contribution in [0, 0.1) is 0 Å². The van der Waals surface area contributed by atoms with Gasteiger partial charge in [-0.1, -0.05) is 53.2 Å². The molecule has 1 saturated heterocycles. The summed E-state index contributed by atoms with van der Waals surface area (Å²) in [6.45, 7) is -0.220. The number of anilines is 3. The Bertz CT molecular complexity index is 1190. The Kier molecular flexibility index (Phi) is 5.35. The summed E-state index contributed by atoms with van der Waals surface area (Å²) in [6.07, 6.45) is 0. The van der Waals surface area contributed by atoms with Crippen molar-refractivity contribution in [1.82, 2.24) is 5.01 Å². The van der Waals surface area contributed by atoms with Gasteiger partial charge >= 0.3 is 0 Å². The summed E-state index contributed by atoms with van der Waals surface area (Å²) in [7, 11) is 0. The highest BCUT2D eigenvalue weighted by Crippen LogP contribution is 2.33. The van der Waals surface area contributed by atoms with Gasteiger partial charge in [0.15, 0.2) is 12.1 Å². The first-order chi connectivity index (χ1) is 16.0. The SMILES string of the molecule is O=C1C2N=NN(CC(=O)N(c3ccccc3)c3ccccc3)C2C(=O)N1c1ccc(Cl)cc1. The number of carbonyl (C=O) groups is 3. The first-order valence-electron chi connectivity index (χ1n) is 10.3. The van der Waals surface area contributed by atoms with Crippen molar-refractivity contribution in [3.63, 3.8) is 0 Å². The van der Waals surface area contributed by atoms with Crippen LogP contribution >= 0.6 is 11.6 Å². The second-order valence-electron chi connectivity index (χ2n) is 7.58. The first-order valence-corrected chi connectivity index (χ1v) is 10.7. The van der Waals surface area contributed by atoms with Crippen molar-refractivity contribution in [1.29, 1.82) is 0 Å². The van der Waals surface area contributed by atoms with Crippen molar-refractivity contribution < 1.29 is 14.4 Å². The van der Waals surface area contributed by atoms with Gasteiger partial charge in [0.25, 0.3) is 17.7 Å². The number of nitrogens with zero attached hydrogens (tertiary/aromatic N) is 5. The van der Waals surface area contributed by atoms with Crippen LogP contribution in [0.15, 0.2) is 95.3 Å². The number of carbonyl (C=O) groups excluding carboxylic acids is 3. The van der Waals surface area contributed by atoms with Crippen molar-refractivity contribution >= 4 is 46.4 Å². The molecule has 33 heavy (non-hydrogen) atoms. The van der Waals surface area contributed by atoms with Gasteiger partial charge < -0.3 is 0 Å². The molecule has 8 nitrogen and oxygen atoms in total. The number of rotatable bonds is 5. The van der Waals surface area contributed by atoms with E-state index in [9.17, 15) is 14.4 Å². The Labute approximate surface area is 194 Å². The molecule has 3 aromatic rings. The molecule has 0 spiro atoms. The van der Waals surface area contributed by atoms with Crippen LogP contribution in [0.1, 0.15) is 0 Å². The lowest BCUT2D eigenvalue weighted by Gasteiger charge is -2.26. The largest absolute Gasteiger partial charge is 0.279 e. The molecule has 2 aliphatic heterocycles. The average Bonchev–Trinajstić information content (AvgIpc) is 3.35. The van der Waals surface area contributed by atoms with Crippen LogP contribution in [0.4, 0.5) is 17.1 Å². The van der Waals surface area contributed by atoms with Gasteiger partial charge in [-0.25, -0.2) is 4.90 Å². The van der Waals surface area contributed by atoms with Gasteiger partial charge in [0.05, 0.1) is 5.69 Å². The molecule has 9 heteroatoms. The number of imide groups is 1. The molecule has 5 rings (SSSR count). The van der Waals surface area contributed by atoms with Crippen LogP contribution in [-0.2, 0) is 14.4 Å². The molecule has 0 aromatic heterocycles. The summed E-state index contributed by atoms with van der Waals surface area (Å²) >= 11 is 5.93. The molecule has 2 aliphatic rings. The summed E-state index contributed by atoms with van der Waals surface area (Å²) in [5, 5.41) is 9.78. The fourth-order valence-corrected chi connectivity index (χ4v) is 4.12. The second-order valence-corrected chi connectivity index (χ2v) is 8.02. The van der Waals surface area contributed by atoms with E-state index in [1.165, 1.54) is 5.01 Å². The van der Waals surface area contributed by atoms with Gasteiger partial charge in [-0.15, -0.1) is 0 Å². The quantitative estimate of drug-likeness (QED) is 0.540. The van der Waals surface area contributed by atoms with Crippen molar-refractivity contribution in [3.8, 4) is 0 Å². The zero-order valence-electron chi connectivity index (χ0n) is 17.3. The number of fused-ring (bicyclic) bond motifs is 1. The molecule has 0 radical (unpaired) electrons. The summed E-state index contributed by atoms with van der Waals surface area (Å²) in [4.78, 5) is 42.1. The van der Waals surface area contributed by atoms with E-state index in [4.69, 9.17) is 11.6 Å². The van der Waals surface area contributed by atoms with Crippen LogP contribution in [0.5, 0.6) is 0 Å². The monoisotopic (exact) mass is 459 g/mol. The van der Waals surface area contributed by atoms with Crippen LogP contribution in [0.3, 0.4) is 0 Å². The summed E-state index contributed by atoms with van der Waals surface area (Å²) in [6, 6.07) is 22.8. The first kappa shape index (κ1) is 20.8. The zero-order valence-corrected chi connectivity index (χ0v) is 18.0. The Morgan fingerprint density at radius 1 is 0.848 bits per heavy atom. The number of hydrogen-bond acceptors (Lipinski definition) is 6. The molecule has 0 saturated carbocycles. The smallest absolute Gasteiger partial charge is 0.263 e. The lowest BCUT2D eigenvalue weighted by atomic mass is 10.1. The molecule has 0 aliphatic carbocycles. The fraction of sp³-hybridized carbons (Fsp3) is 0.125. The maximum atomic E-state index is 13.4. The van der Waals surface area contributed by atoms with Crippen LogP contribution in [-0.4, -0.2) is 41.4 Å². The number of para-hydroxylation sites is 2. The zero-order chi connectivity index (χ0) is 22.9. The Hall–Kier alpha value is -4.04. The van der Waals surface area contributed by atoms with Crippen molar-refractivity contribution in [2.75, 3.05) is 16.3 Å². The van der Waals surface area contributed by atoms with Gasteiger partial charge in [0.1, 0.15) is 6.54 Å². The predicted molar refractivity (Wildman–Crippen MR) is 123 cm³/mol. The van der Waals surface area contributed by atoms with Crippen LogP contribution in [0.25, 0.3) is 0 Å². The highest BCUT2D eigenvalue weighted by molar-refractivity contribution is 6.31. The van der Waals surface area contributed by atoms with E-state index in [2.05, 4.69) is 10.3 Å².